The first-order valence-corrected chi connectivity index (χ1v) is 11.3. The monoisotopic (exact) mass is 453 g/mol. The lowest BCUT2D eigenvalue weighted by Crippen LogP contribution is -2.39. The van der Waals surface area contributed by atoms with Gasteiger partial charge in [-0.3, -0.25) is 14.9 Å². The van der Waals surface area contributed by atoms with Gasteiger partial charge >= 0.3 is 5.97 Å². The Bertz CT molecular complexity index is 1010. The summed E-state index contributed by atoms with van der Waals surface area (Å²) in [6.45, 7) is 9.22. The van der Waals surface area contributed by atoms with Gasteiger partial charge in [0, 0.05) is 24.8 Å². The summed E-state index contributed by atoms with van der Waals surface area (Å²) in [7, 11) is 0. The molecule has 1 aliphatic heterocycles. The van der Waals surface area contributed by atoms with Crippen LogP contribution in [0.15, 0.2) is 42.5 Å². The Morgan fingerprint density at radius 1 is 1.15 bits per heavy atom. The number of nitrogens with one attached hydrogen (secondary N) is 1. The van der Waals surface area contributed by atoms with Gasteiger partial charge in [-0.25, -0.2) is 4.79 Å². The van der Waals surface area contributed by atoms with Crippen LogP contribution in [0.5, 0.6) is 0 Å². The van der Waals surface area contributed by atoms with Crippen LogP contribution in [0.25, 0.3) is 0 Å². The number of hydrogen-bond acceptors (Lipinski definition) is 6. The third-order valence-electron chi connectivity index (χ3n) is 5.90. The number of hydrogen-bond donors (Lipinski definition) is 1. The Labute approximate surface area is 194 Å². The maximum absolute atomic E-state index is 12.6. The molecule has 1 aliphatic rings. The molecule has 0 radical (unpaired) electrons. The van der Waals surface area contributed by atoms with Crippen molar-refractivity contribution in [3.05, 3.63) is 63.7 Å². The summed E-state index contributed by atoms with van der Waals surface area (Å²) in [4.78, 5) is 38.3. The zero-order valence-corrected chi connectivity index (χ0v) is 19.5. The van der Waals surface area contributed by atoms with Crippen LogP contribution in [0, 0.1) is 22.0 Å². The van der Waals surface area contributed by atoms with Crippen molar-refractivity contribution in [2.45, 2.75) is 46.6 Å². The predicted molar refractivity (Wildman–Crippen MR) is 128 cm³/mol. The van der Waals surface area contributed by atoms with E-state index in [1.807, 2.05) is 24.0 Å². The fourth-order valence-electron chi connectivity index (χ4n) is 4.27. The standard InChI is InChI=1S/C25H31N3O5/c1-5-19-6-9-21(10-7-19)26-24(29)18(4)33-25(30)20-8-11-22(23(13-20)28(31)32)27-14-16(2)12-17(3)15-27/h6-11,13,16-18H,5,12,14-15H2,1-4H3,(H,26,29). The lowest BCUT2D eigenvalue weighted by atomic mass is 9.91. The number of anilines is 2. The Balaban J connectivity index is 1.70. The molecule has 0 aromatic heterocycles. The normalized spacial score (nSPS) is 19.0. The molecule has 2 aromatic rings. The van der Waals surface area contributed by atoms with E-state index in [2.05, 4.69) is 19.2 Å². The number of nitro benzene ring substituents is 1. The van der Waals surface area contributed by atoms with E-state index < -0.39 is 22.9 Å². The minimum Gasteiger partial charge on any atom is -0.449 e. The zero-order valence-electron chi connectivity index (χ0n) is 19.5. The van der Waals surface area contributed by atoms with Crippen LogP contribution in [0.1, 0.15) is 50.0 Å². The maximum Gasteiger partial charge on any atom is 0.339 e. The van der Waals surface area contributed by atoms with E-state index in [0.29, 0.717) is 23.2 Å². The average Bonchev–Trinajstić information content (AvgIpc) is 2.78. The molecule has 1 heterocycles. The van der Waals surface area contributed by atoms with Crippen LogP contribution >= 0.6 is 0 Å². The van der Waals surface area contributed by atoms with E-state index in [1.54, 1.807) is 18.2 Å². The quantitative estimate of drug-likeness (QED) is 0.366. The molecule has 176 valence electrons. The molecular formula is C25H31N3O5. The molecule has 33 heavy (non-hydrogen) atoms. The van der Waals surface area contributed by atoms with Crippen LogP contribution < -0.4 is 10.2 Å². The fraction of sp³-hybridized carbons (Fsp3) is 0.440. The molecule has 1 saturated heterocycles. The van der Waals surface area contributed by atoms with E-state index in [0.717, 1.165) is 31.5 Å². The third-order valence-corrected chi connectivity index (χ3v) is 5.90. The number of nitrogens with zero attached hydrogens (tertiary/aromatic N) is 2. The van der Waals surface area contributed by atoms with Gasteiger partial charge in [0.1, 0.15) is 5.69 Å². The van der Waals surface area contributed by atoms with Gasteiger partial charge in [0.25, 0.3) is 11.6 Å². The molecular weight excluding hydrogens is 422 g/mol. The fourth-order valence-corrected chi connectivity index (χ4v) is 4.27. The number of benzene rings is 2. The van der Waals surface area contributed by atoms with Crippen molar-refractivity contribution in [3.8, 4) is 0 Å². The van der Waals surface area contributed by atoms with Gasteiger partial charge in [0.2, 0.25) is 0 Å². The van der Waals surface area contributed by atoms with Crippen LogP contribution in [0.2, 0.25) is 0 Å². The summed E-state index contributed by atoms with van der Waals surface area (Å²) in [5.74, 6) is -0.407. The molecule has 1 N–H and O–H groups in total. The molecule has 0 spiro atoms. The molecule has 1 amide bonds. The first-order chi connectivity index (χ1) is 15.7. The van der Waals surface area contributed by atoms with Gasteiger partial charge in [-0.05, 0) is 61.4 Å². The van der Waals surface area contributed by atoms with E-state index in [-0.39, 0.29) is 11.3 Å². The van der Waals surface area contributed by atoms with Crippen LogP contribution in [0.4, 0.5) is 17.1 Å². The molecule has 3 rings (SSSR count). The van der Waals surface area contributed by atoms with E-state index in [4.69, 9.17) is 4.74 Å². The molecule has 0 bridgehead atoms. The summed E-state index contributed by atoms with van der Waals surface area (Å²) in [5, 5.41) is 14.5. The van der Waals surface area contributed by atoms with Crippen LogP contribution in [-0.4, -0.2) is 36.0 Å². The number of amides is 1. The van der Waals surface area contributed by atoms with Crippen molar-refractivity contribution in [2.24, 2.45) is 11.8 Å². The van der Waals surface area contributed by atoms with Gasteiger partial charge in [-0.15, -0.1) is 0 Å². The lowest BCUT2D eigenvalue weighted by molar-refractivity contribution is -0.384. The predicted octanol–water partition coefficient (Wildman–Crippen LogP) is 4.82. The van der Waals surface area contributed by atoms with Gasteiger partial charge in [-0.2, -0.15) is 0 Å². The minimum atomic E-state index is -1.06. The summed E-state index contributed by atoms with van der Waals surface area (Å²) < 4.78 is 5.28. The second kappa shape index (κ2) is 10.5. The van der Waals surface area contributed by atoms with Crippen LogP contribution in [-0.2, 0) is 16.0 Å². The molecule has 8 heteroatoms. The highest BCUT2D eigenvalue weighted by atomic mass is 16.6. The molecule has 1 fully saturated rings. The first-order valence-electron chi connectivity index (χ1n) is 11.3. The SMILES string of the molecule is CCc1ccc(NC(=O)C(C)OC(=O)c2ccc(N3CC(C)CC(C)C3)c([N+](=O)[O-])c2)cc1. The Kier molecular flexibility index (Phi) is 7.68. The highest BCUT2D eigenvalue weighted by molar-refractivity contribution is 5.97. The van der Waals surface area contributed by atoms with Gasteiger partial charge in [0.15, 0.2) is 6.10 Å². The molecule has 3 unspecified atom stereocenters. The third kappa shape index (κ3) is 6.09. The number of rotatable bonds is 7. The Hall–Kier alpha value is -3.42. The summed E-state index contributed by atoms with van der Waals surface area (Å²) in [6.07, 6.45) is 0.909. The van der Waals surface area contributed by atoms with E-state index in [1.165, 1.54) is 19.1 Å². The van der Waals surface area contributed by atoms with Crippen molar-refractivity contribution < 1.29 is 19.2 Å². The molecule has 3 atom stereocenters. The Morgan fingerprint density at radius 3 is 2.36 bits per heavy atom. The number of esters is 1. The van der Waals surface area contributed by atoms with E-state index in [9.17, 15) is 19.7 Å². The number of aryl methyl sites for hydroxylation is 1. The number of ether oxygens (including phenoxy) is 1. The summed E-state index contributed by atoms with van der Waals surface area (Å²) in [5.41, 5.74) is 2.14. The van der Waals surface area contributed by atoms with Crippen molar-refractivity contribution in [2.75, 3.05) is 23.3 Å². The molecule has 2 aromatic carbocycles. The molecule has 0 saturated carbocycles. The summed E-state index contributed by atoms with van der Waals surface area (Å²) >= 11 is 0. The van der Waals surface area contributed by atoms with Gasteiger partial charge < -0.3 is 15.0 Å². The first kappa shape index (κ1) is 24.2. The smallest absolute Gasteiger partial charge is 0.339 e. The lowest BCUT2D eigenvalue weighted by Gasteiger charge is -2.36. The van der Waals surface area contributed by atoms with Crippen molar-refractivity contribution in [1.29, 1.82) is 0 Å². The van der Waals surface area contributed by atoms with Gasteiger partial charge in [0.05, 0.1) is 10.5 Å². The number of piperidine rings is 1. The number of carbonyl (C=O) groups excluding carboxylic acids is 2. The van der Waals surface area contributed by atoms with Crippen molar-refractivity contribution in [3.63, 3.8) is 0 Å². The largest absolute Gasteiger partial charge is 0.449 e. The molecule has 8 nitrogen and oxygen atoms in total. The van der Waals surface area contributed by atoms with Crippen molar-refractivity contribution >= 4 is 28.9 Å². The topological polar surface area (TPSA) is 102 Å². The van der Waals surface area contributed by atoms with Crippen molar-refractivity contribution in [1.82, 2.24) is 0 Å². The zero-order chi connectivity index (χ0) is 24.1. The second-order valence-electron chi connectivity index (χ2n) is 8.90. The maximum atomic E-state index is 12.6. The highest BCUT2D eigenvalue weighted by Gasteiger charge is 2.28. The van der Waals surface area contributed by atoms with E-state index >= 15 is 0 Å². The minimum absolute atomic E-state index is 0.0375. The molecule has 0 aliphatic carbocycles. The second-order valence-corrected chi connectivity index (χ2v) is 8.90. The number of nitro groups is 1. The summed E-state index contributed by atoms with van der Waals surface area (Å²) in [6, 6.07) is 11.7. The average molecular weight is 454 g/mol. The van der Waals surface area contributed by atoms with Gasteiger partial charge in [-0.1, -0.05) is 32.9 Å². The Morgan fingerprint density at radius 2 is 1.79 bits per heavy atom. The van der Waals surface area contributed by atoms with Crippen LogP contribution in [0.3, 0.4) is 0 Å². The highest BCUT2D eigenvalue weighted by Crippen LogP contribution is 2.34. The number of carbonyl (C=O) groups is 2.